The average Bonchev–Trinajstić information content (AvgIpc) is 3.15. The number of halogens is 1. The van der Waals surface area contributed by atoms with Gasteiger partial charge in [-0.05, 0) is 18.2 Å². The third-order valence-corrected chi connectivity index (χ3v) is 4.69. The van der Waals surface area contributed by atoms with E-state index in [1.807, 2.05) is 0 Å². The number of amides is 1. The number of non-ortho nitro benzene ring substituents is 1. The van der Waals surface area contributed by atoms with Crippen molar-refractivity contribution in [3.63, 3.8) is 0 Å². The highest BCUT2D eigenvalue weighted by Crippen LogP contribution is 2.27. The van der Waals surface area contributed by atoms with Crippen molar-refractivity contribution in [2.45, 2.75) is 0 Å². The first-order chi connectivity index (χ1) is 13.4. The first-order valence-corrected chi connectivity index (χ1v) is 9.04. The number of anilines is 1. The van der Waals surface area contributed by atoms with Crippen molar-refractivity contribution in [3.05, 3.63) is 74.1 Å². The smallest absolute Gasteiger partial charge is 0.338 e. The summed E-state index contributed by atoms with van der Waals surface area (Å²) < 4.78 is 4.57. The Bertz CT molecular complexity index is 1070. The Labute approximate surface area is 167 Å². The number of benzene rings is 2. The number of aromatic nitrogens is 1. The highest BCUT2D eigenvalue weighted by atomic mass is 35.5. The molecule has 3 aromatic rings. The number of methoxy groups -OCH3 is 1. The van der Waals surface area contributed by atoms with E-state index >= 15 is 0 Å². The van der Waals surface area contributed by atoms with E-state index in [4.69, 9.17) is 11.6 Å². The van der Waals surface area contributed by atoms with Crippen LogP contribution >= 0.6 is 22.9 Å². The second-order valence-corrected chi connectivity index (χ2v) is 6.81. The molecule has 8 nitrogen and oxygen atoms in total. The maximum absolute atomic E-state index is 12.5. The lowest BCUT2D eigenvalue weighted by atomic mass is 10.1. The van der Waals surface area contributed by atoms with E-state index in [-0.39, 0.29) is 11.1 Å². The quantitative estimate of drug-likeness (QED) is 0.374. The van der Waals surface area contributed by atoms with Crippen LogP contribution in [-0.2, 0) is 4.74 Å². The van der Waals surface area contributed by atoms with Crippen LogP contribution in [0.15, 0.2) is 47.8 Å². The molecule has 0 spiro atoms. The summed E-state index contributed by atoms with van der Waals surface area (Å²) in [4.78, 5) is 38.9. The summed E-state index contributed by atoms with van der Waals surface area (Å²) in [6.07, 6.45) is 0. The van der Waals surface area contributed by atoms with E-state index in [0.717, 1.165) is 24.8 Å². The Hall–Kier alpha value is -3.30. The van der Waals surface area contributed by atoms with Crippen molar-refractivity contribution < 1.29 is 19.2 Å². The molecule has 0 radical (unpaired) electrons. The van der Waals surface area contributed by atoms with Gasteiger partial charge in [-0.15, -0.1) is 11.3 Å². The number of thiazole rings is 1. The summed E-state index contributed by atoms with van der Waals surface area (Å²) in [7, 11) is 1.15. The minimum Gasteiger partial charge on any atom is -0.465 e. The summed E-state index contributed by atoms with van der Waals surface area (Å²) in [5, 5.41) is 16.3. The predicted molar refractivity (Wildman–Crippen MR) is 105 cm³/mol. The Balaban J connectivity index is 1.85. The largest absolute Gasteiger partial charge is 0.465 e. The molecule has 142 valence electrons. The lowest BCUT2D eigenvalue weighted by molar-refractivity contribution is -0.384. The zero-order valence-electron chi connectivity index (χ0n) is 14.3. The Morgan fingerprint density at radius 2 is 1.86 bits per heavy atom. The number of rotatable bonds is 5. The molecule has 10 heteroatoms. The molecule has 0 bridgehead atoms. The van der Waals surface area contributed by atoms with Gasteiger partial charge in [0.15, 0.2) is 5.13 Å². The lowest BCUT2D eigenvalue weighted by Crippen LogP contribution is -2.13. The van der Waals surface area contributed by atoms with Gasteiger partial charge in [-0.25, -0.2) is 9.78 Å². The second kappa shape index (κ2) is 8.15. The van der Waals surface area contributed by atoms with Crippen LogP contribution < -0.4 is 5.32 Å². The number of nitro benzene ring substituents is 1. The lowest BCUT2D eigenvalue weighted by Gasteiger charge is -2.05. The molecule has 0 aliphatic rings. The topological polar surface area (TPSA) is 111 Å². The number of nitro groups is 1. The molecule has 2 aromatic carbocycles. The van der Waals surface area contributed by atoms with Crippen LogP contribution in [0.3, 0.4) is 0 Å². The number of esters is 1. The van der Waals surface area contributed by atoms with E-state index in [2.05, 4.69) is 15.0 Å². The van der Waals surface area contributed by atoms with Crippen LogP contribution in [0.1, 0.15) is 20.7 Å². The SMILES string of the molecule is COC(=O)c1cc(C(=O)Nc2nc(-c3ccc(Cl)cc3)cs2)cc([N+](=O)[O-])c1. The minimum atomic E-state index is -0.781. The van der Waals surface area contributed by atoms with Gasteiger partial charge in [0.25, 0.3) is 11.6 Å². The second-order valence-electron chi connectivity index (χ2n) is 5.52. The molecule has 3 rings (SSSR count). The number of ether oxygens (including phenoxy) is 1. The van der Waals surface area contributed by atoms with Gasteiger partial charge in [0.2, 0.25) is 0 Å². The molecular formula is C18H12ClN3O5S. The molecule has 0 aliphatic heterocycles. The maximum Gasteiger partial charge on any atom is 0.338 e. The zero-order valence-corrected chi connectivity index (χ0v) is 15.9. The predicted octanol–water partition coefficient (Wildman–Crippen LogP) is 4.41. The molecule has 1 amide bonds. The van der Waals surface area contributed by atoms with Gasteiger partial charge in [0.05, 0.1) is 23.3 Å². The number of nitrogens with one attached hydrogen (secondary N) is 1. The number of hydrogen-bond acceptors (Lipinski definition) is 7. The molecule has 1 heterocycles. The van der Waals surface area contributed by atoms with Crippen molar-refractivity contribution in [2.24, 2.45) is 0 Å². The molecule has 0 fully saturated rings. The molecule has 0 aliphatic carbocycles. The summed E-state index contributed by atoms with van der Waals surface area (Å²) in [5.41, 5.74) is 0.922. The van der Waals surface area contributed by atoms with E-state index < -0.39 is 22.5 Å². The highest BCUT2D eigenvalue weighted by Gasteiger charge is 2.19. The fraction of sp³-hybridized carbons (Fsp3) is 0.0556. The minimum absolute atomic E-state index is 0.0576. The molecule has 1 N–H and O–H groups in total. The van der Waals surface area contributed by atoms with Gasteiger partial charge in [0.1, 0.15) is 0 Å². The third kappa shape index (κ3) is 4.33. The van der Waals surface area contributed by atoms with Gasteiger partial charge in [-0.1, -0.05) is 23.7 Å². The third-order valence-electron chi connectivity index (χ3n) is 3.68. The normalized spacial score (nSPS) is 10.4. The Morgan fingerprint density at radius 3 is 2.50 bits per heavy atom. The first kappa shape index (κ1) is 19.5. The van der Waals surface area contributed by atoms with Gasteiger partial charge in [-0.2, -0.15) is 0 Å². The molecule has 28 heavy (non-hydrogen) atoms. The van der Waals surface area contributed by atoms with Crippen molar-refractivity contribution in [1.29, 1.82) is 0 Å². The van der Waals surface area contributed by atoms with Gasteiger partial charge < -0.3 is 4.74 Å². The maximum atomic E-state index is 12.5. The van der Waals surface area contributed by atoms with Crippen LogP contribution in [0.5, 0.6) is 0 Å². The molecule has 0 atom stereocenters. The van der Waals surface area contributed by atoms with Crippen LogP contribution in [0.2, 0.25) is 5.02 Å². The molecule has 1 aromatic heterocycles. The summed E-state index contributed by atoms with van der Waals surface area (Å²) in [6, 6.07) is 10.4. The Kier molecular flexibility index (Phi) is 5.67. The summed E-state index contributed by atoms with van der Waals surface area (Å²) in [5.74, 6) is -1.41. The molecular weight excluding hydrogens is 406 g/mol. The molecule has 0 saturated carbocycles. The average molecular weight is 418 g/mol. The van der Waals surface area contributed by atoms with Gasteiger partial charge in [-0.3, -0.25) is 20.2 Å². The van der Waals surface area contributed by atoms with Crippen molar-refractivity contribution in [1.82, 2.24) is 4.98 Å². The number of nitrogens with zero attached hydrogens (tertiary/aromatic N) is 2. The van der Waals surface area contributed by atoms with E-state index in [1.54, 1.807) is 29.6 Å². The fourth-order valence-corrected chi connectivity index (χ4v) is 3.18. The van der Waals surface area contributed by atoms with Crippen LogP contribution in [-0.4, -0.2) is 28.9 Å². The molecule has 0 unspecified atom stereocenters. The van der Waals surface area contributed by atoms with Crippen molar-refractivity contribution >= 4 is 45.6 Å². The monoisotopic (exact) mass is 417 g/mol. The van der Waals surface area contributed by atoms with E-state index in [9.17, 15) is 19.7 Å². The number of hydrogen-bond donors (Lipinski definition) is 1. The Morgan fingerprint density at radius 1 is 1.18 bits per heavy atom. The van der Waals surface area contributed by atoms with E-state index in [0.29, 0.717) is 15.8 Å². The number of carbonyl (C=O) groups excluding carboxylic acids is 2. The van der Waals surface area contributed by atoms with Crippen LogP contribution in [0, 0.1) is 10.1 Å². The van der Waals surface area contributed by atoms with Gasteiger partial charge >= 0.3 is 5.97 Å². The van der Waals surface area contributed by atoms with Crippen molar-refractivity contribution in [3.8, 4) is 11.3 Å². The zero-order chi connectivity index (χ0) is 20.3. The standard InChI is InChI=1S/C18H12ClN3O5S/c1-27-17(24)12-6-11(7-14(8-12)22(25)26)16(23)21-18-20-15(9-28-18)10-2-4-13(19)5-3-10/h2-9H,1H3,(H,20,21,23). The summed E-state index contributed by atoms with van der Waals surface area (Å²) >= 11 is 7.06. The van der Waals surface area contributed by atoms with Crippen LogP contribution in [0.25, 0.3) is 11.3 Å². The fourth-order valence-electron chi connectivity index (χ4n) is 2.34. The van der Waals surface area contributed by atoms with Crippen LogP contribution in [0.4, 0.5) is 10.8 Å². The summed E-state index contributed by atoms with van der Waals surface area (Å²) in [6.45, 7) is 0. The van der Waals surface area contributed by atoms with Gasteiger partial charge in [0, 0.05) is 33.7 Å². The number of carbonyl (C=O) groups is 2. The highest BCUT2D eigenvalue weighted by molar-refractivity contribution is 7.14. The first-order valence-electron chi connectivity index (χ1n) is 7.78. The van der Waals surface area contributed by atoms with Crippen molar-refractivity contribution in [2.75, 3.05) is 12.4 Å². The molecule has 0 saturated heterocycles. The van der Waals surface area contributed by atoms with E-state index in [1.165, 1.54) is 17.4 Å².